The molecule has 0 amide bonds. The predicted molar refractivity (Wildman–Crippen MR) is 92.2 cm³/mol. The lowest BCUT2D eigenvalue weighted by Crippen LogP contribution is -2.28. The monoisotopic (exact) mass is 328 g/mol. The molecule has 0 bridgehead atoms. The van der Waals surface area contributed by atoms with Crippen molar-refractivity contribution in [1.29, 1.82) is 0 Å². The molecule has 3 rings (SSSR count). The summed E-state index contributed by atoms with van der Waals surface area (Å²) in [6.45, 7) is 4.74. The summed E-state index contributed by atoms with van der Waals surface area (Å²) >= 11 is 0. The number of nitrogens with one attached hydrogen (secondary N) is 2. The van der Waals surface area contributed by atoms with Crippen molar-refractivity contribution in [2.75, 3.05) is 0 Å². The summed E-state index contributed by atoms with van der Waals surface area (Å²) < 4.78 is 15.3. The number of imidazole rings is 1. The minimum Gasteiger partial charge on any atom is -0.357 e. The molecule has 5 nitrogen and oxygen atoms in total. The smallest absolute Gasteiger partial charge is 0.189 e. The number of hydrogen-bond acceptors (Lipinski definition) is 3. The van der Waals surface area contributed by atoms with Gasteiger partial charge in [0, 0.05) is 48.6 Å². The summed E-state index contributed by atoms with van der Waals surface area (Å²) in [5.41, 5.74) is 1.22. The van der Waals surface area contributed by atoms with Gasteiger partial charge in [0.2, 0.25) is 0 Å². The zero-order valence-electron chi connectivity index (χ0n) is 14.0. The Bertz CT molecular complexity index is 913. The van der Waals surface area contributed by atoms with Crippen LogP contribution in [0.25, 0.3) is 10.9 Å². The van der Waals surface area contributed by atoms with Crippen LogP contribution >= 0.6 is 0 Å². The number of fused-ring (bicyclic) bond motifs is 1. The zero-order chi connectivity index (χ0) is 17.3. The average Bonchev–Trinajstić information content (AvgIpc) is 2.94. The van der Waals surface area contributed by atoms with Gasteiger partial charge in [0.1, 0.15) is 11.6 Å². The Kier molecular flexibility index (Phi) is 4.49. The van der Waals surface area contributed by atoms with Crippen LogP contribution in [0.2, 0.25) is 0 Å². The van der Waals surface area contributed by atoms with E-state index < -0.39 is 5.82 Å². The standard InChI is InChI=1S/C18H21FN4O/c1-11(2)17(18-20-6-7-23(18)3)21-10-13-9-16(24)14-8-12(19)4-5-15(14)22-13/h4-9,11,17,21H,10H2,1-3H3,(H,22,24)/t17-/m1/s1. The maximum Gasteiger partial charge on any atom is 0.189 e. The third kappa shape index (κ3) is 3.23. The molecule has 0 aliphatic heterocycles. The van der Waals surface area contributed by atoms with Gasteiger partial charge in [-0.05, 0) is 24.1 Å². The van der Waals surface area contributed by atoms with Crippen LogP contribution in [0.3, 0.4) is 0 Å². The molecule has 0 saturated carbocycles. The molecule has 2 N–H and O–H groups in total. The van der Waals surface area contributed by atoms with Crippen molar-refractivity contribution in [2.24, 2.45) is 13.0 Å². The van der Waals surface area contributed by atoms with Gasteiger partial charge in [-0.1, -0.05) is 13.8 Å². The van der Waals surface area contributed by atoms with E-state index in [0.717, 1.165) is 11.5 Å². The number of H-pyrrole nitrogens is 1. The fourth-order valence-electron chi connectivity index (χ4n) is 2.89. The first-order valence-electron chi connectivity index (χ1n) is 7.98. The van der Waals surface area contributed by atoms with Crippen molar-refractivity contribution in [1.82, 2.24) is 19.9 Å². The minimum atomic E-state index is -0.409. The van der Waals surface area contributed by atoms with E-state index >= 15 is 0 Å². The highest BCUT2D eigenvalue weighted by atomic mass is 19.1. The van der Waals surface area contributed by atoms with Crippen molar-refractivity contribution in [3.8, 4) is 0 Å². The number of rotatable bonds is 5. The number of aryl methyl sites for hydroxylation is 1. The molecule has 1 atom stereocenters. The van der Waals surface area contributed by atoms with Gasteiger partial charge in [-0.15, -0.1) is 0 Å². The topological polar surface area (TPSA) is 62.7 Å². The summed E-state index contributed by atoms with van der Waals surface area (Å²) in [4.78, 5) is 19.8. The average molecular weight is 328 g/mol. The Morgan fingerprint density at radius 1 is 1.33 bits per heavy atom. The van der Waals surface area contributed by atoms with Crippen molar-refractivity contribution < 1.29 is 4.39 Å². The van der Waals surface area contributed by atoms with Gasteiger partial charge in [-0.25, -0.2) is 9.37 Å². The first-order chi connectivity index (χ1) is 11.5. The van der Waals surface area contributed by atoms with Crippen LogP contribution in [-0.2, 0) is 13.6 Å². The maximum atomic E-state index is 13.3. The van der Waals surface area contributed by atoms with Crippen LogP contribution in [0, 0.1) is 11.7 Å². The number of nitrogens with zero attached hydrogens (tertiary/aromatic N) is 2. The van der Waals surface area contributed by atoms with E-state index in [1.807, 2.05) is 17.8 Å². The number of benzene rings is 1. The van der Waals surface area contributed by atoms with Gasteiger partial charge in [0.25, 0.3) is 0 Å². The fraction of sp³-hybridized carbons (Fsp3) is 0.333. The van der Waals surface area contributed by atoms with Crippen LogP contribution < -0.4 is 10.7 Å². The lowest BCUT2D eigenvalue weighted by molar-refractivity contribution is 0.383. The fourth-order valence-corrected chi connectivity index (χ4v) is 2.89. The van der Waals surface area contributed by atoms with E-state index in [0.29, 0.717) is 23.4 Å². The highest BCUT2D eigenvalue weighted by molar-refractivity contribution is 5.78. The quantitative estimate of drug-likeness (QED) is 0.757. The summed E-state index contributed by atoms with van der Waals surface area (Å²) in [6, 6.07) is 5.78. The lowest BCUT2D eigenvalue weighted by Gasteiger charge is -2.22. The molecule has 0 aliphatic carbocycles. The Balaban J connectivity index is 1.85. The SMILES string of the molecule is CC(C)[C@@H](NCc1cc(=O)c2cc(F)ccc2[nH]1)c1nccn1C. The molecule has 0 spiro atoms. The maximum absolute atomic E-state index is 13.3. The molecule has 24 heavy (non-hydrogen) atoms. The second-order valence-electron chi connectivity index (χ2n) is 6.35. The lowest BCUT2D eigenvalue weighted by atomic mass is 10.0. The van der Waals surface area contributed by atoms with Crippen LogP contribution in [0.5, 0.6) is 0 Å². The molecule has 2 heterocycles. The summed E-state index contributed by atoms with van der Waals surface area (Å²) in [5, 5.41) is 3.82. The first-order valence-corrected chi connectivity index (χ1v) is 7.98. The summed E-state index contributed by atoms with van der Waals surface area (Å²) in [5.74, 6) is 0.885. The molecule has 3 aromatic rings. The van der Waals surface area contributed by atoms with Gasteiger partial charge in [0.05, 0.1) is 6.04 Å². The summed E-state index contributed by atoms with van der Waals surface area (Å²) in [6.07, 6.45) is 3.69. The number of pyridine rings is 1. The van der Waals surface area contributed by atoms with Crippen molar-refractivity contribution >= 4 is 10.9 Å². The third-order valence-electron chi connectivity index (χ3n) is 4.16. The second-order valence-corrected chi connectivity index (χ2v) is 6.35. The van der Waals surface area contributed by atoms with E-state index in [9.17, 15) is 9.18 Å². The number of aromatic amines is 1. The van der Waals surface area contributed by atoms with Crippen LogP contribution in [-0.4, -0.2) is 14.5 Å². The molecule has 0 radical (unpaired) electrons. The van der Waals surface area contributed by atoms with Crippen LogP contribution in [0.4, 0.5) is 4.39 Å². The molecule has 0 fully saturated rings. The van der Waals surface area contributed by atoms with E-state index in [4.69, 9.17) is 0 Å². The van der Waals surface area contributed by atoms with Gasteiger partial charge in [0.15, 0.2) is 5.43 Å². The van der Waals surface area contributed by atoms with Crippen molar-refractivity contribution in [3.05, 3.63) is 64.2 Å². The Labute approximate surface area is 139 Å². The number of aromatic nitrogens is 3. The van der Waals surface area contributed by atoms with Gasteiger partial charge < -0.3 is 14.9 Å². The number of halogens is 1. The van der Waals surface area contributed by atoms with E-state index in [2.05, 4.69) is 29.1 Å². The molecule has 6 heteroatoms. The van der Waals surface area contributed by atoms with Gasteiger partial charge >= 0.3 is 0 Å². The van der Waals surface area contributed by atoms with E-state index in [1.54, 1.807) is 12.3 Å². The first kappa shape index (κ1) is 16.4. The van der Waals surface area contributed by atoms with Crippen LogP contribution in [0.1, 0.15) is 31.4 Å². The van der Waals surface area contributed by atoms with Gasteiger partial charge in [-0.3, -0.25) is 4.79 Å². The highest BCUT2D eigenvalue weighted by Crippen LogP contribution is 2.20. The highest BCUT2D eigenvalue weighted by Gasteiger charge is 2.19. The third-order valence-corrected chi connectivity index (χ3v) is 4.16. The van der Waals surface area contributed by atoms with Crippen molar-refractivity contribution in [3.63, 3.8) is 0 Å². The van der Waals surface area contributed by atoms with E-state index in [-0.39, 0.29) is 11.5 Å². The van der Waals surface area contributed by atoms with Crippen LogP contribution in [0.15, 0.2) is 41.5 Å². The molecule has 2 aromatic heterocycles. The zero-order valence-corrected chi connectivity index (χ0v) is 14.0. The Morgan fingerprint density at radius 3 is 2.79 bits per heavy atom. The number of hydrogen-bond donors (Lipinski definition) is 2. The molecule has 0 unspecified atom stereocenters. The second kappa shape index (κ2) is 6.57. The molecule has 126 valence electrons. The Morgan fingerprint density at radius 2 is 2.12 bits per heavy atom. The molecule has 1 aromatic carbocycles. The predicted octanol–water partition coefficient (Wildman–Crippen LogP) is 2.89. The normalized spacial score (nSPS) is 12.9. The molecule has 0 aliphatic rings. The van der Waals surface area contributed by atoms with E-state index in [1.165, 1.54) is 18.2 Å². The summed E-state index contributed by atoms with van der Waals surface area (Å²) in [7, 11) is 1.96. The van der Waals surface area contributed by atoms with Gasteiger partial charge in [-0.2, -0.15) is 0 Å². The minimum absolute atomic E-state index is 0.0671. The Hall–Kier alpha value is -2.47. The molecular weight excluding hydrogens is 307 g/mol. The van der Waals surface area contributed by atoms with Crippen molar-refractivity contribution in [2.45, 2.75) is 26.4 Å². The largest absolute Gasteiger partial charge is 0.357 e. The molecular formula is C18H21FN4O. The molecule has 0 saturated heterocycles.